The van der Waals surface area contributed by atoms with Gasteiger partial charge in [-0.15, -0.1) is 10.2 Å². The number of para-hydroxylation sites is 1. The van der Waals surface area contributed by atoms with Gasteiger partial charge in [0, 0.05) is 43.2 Å². The standard InChI is InChI=1S/C25H25N5OS/c31-24(27-19-21-11-7-15-26-18-21)14-8-16-32-25-29-28-23(17-20-9-3-1-4-10-20)30(25)22-12-5-2-6-13-22/h1-7,9-13,15,18H,8,14,16-17,19H2,(H,27,31). The topological polar surface area (TPSA) is 72.7 Å². The highest BCUT2D eigenvalue weighted by molar-refractivity contribution is 7.99. The summed E-state index contributed by atoms with van der Waals surface area (Å²) in [5.41, 5.74) is 3.23. The number of thioether (sulfide) groups is 1. The van der Waals surface area contributed by atoms with E-state index in [0.29, 0.717) is 19.4 Å². The fourth-order valence-corrected chi connectivity index (χ4v) is 4.22. The van der Waals surface area contributed by atoms with Crippen LogP contribution < -0.4 is 5.32 Å². The Balaban J connectivity index is 1.35. The first-order valence-electron chi connectivity index (χ1n) is 10.6. The zero-order valence-corrected chi connectivity index (χ0v) is 18.5. The molecule has 2 heterocycles. The highest BCUT2D eigenvalue weighted by Gasteiger charge is 2.15. The molecule has 0 saturated carbocycles. The molecule has 1 N–H and O–H groups in total. The van der Waals surface area contributed by atoms with Gasteiger partial charge in [-0.05, 0) is 35.7 Å². The van der Waals surface area contributed by atoms with Crippen molar-refractivity contribution in [1.29, 1.82) is 0 Å². The molecule has 0 bridgehead atoms. The Bertz CT molecular complexity index is 1120. The van der Waals surface area contributed by atoms with Crippen LogP contribution in [-0.2, 0) is 17.8 Å². The lowest BCUT2D eigenvalue weighted by atomic mass is 10.1. The lowest BCUT2D eigenvalue weighted by molar-refractivity contribution is -0.121. The summed E-state index contributed by atoms with van der Waals surface area (Å²) in [6.07, 6.45) is 5.43. The molecular weight excluding hydrogens is 418 g/mol. The van der Waals surface area contributed by atoms with Gasteiger partial charge in [-0.1, -0.05) is 66.4 Å². The molecule has 7 heteroatoms. The first kappa shape index (κ1) is 21.8. The maximum Gasteiger partial charge on any atom is 0.220 e. The predicted octanol–water partition coefficient (Wildman–Crippen LogP) is 4.44. The normalized spacial score (nSPS) is 10.8. The van der Waals surface area contributed by atoms with Crippen LogP contribution in [0.1, 0.15) is 29.8 Å². The SMILES string of the molecule is O=C(CCCSc1nnc(Cc2ccccc2)n1-c1ccccc1)NCc1cccnc1. The molecule has 2 aromatic carbocycles. The molecule has 4 rings (SSSR count). The number of nitrogens with zero attached hydrogens (tertiary/aromatic N) is 4. The number of carbonyl (C=O) groups excluding carboxylic acids is 1. The van der Waals surface area contributed by atoms with Crippen LogP contribution in [0.15, 0.2) is 90.3 Å². The predicted molar refractivity (Wildman–Crippen MR) is 127 cm³/mol. The van der Waals surface area contributed by atoms with Crippen LogP contribution in [0.25, 0.3) is 5.69 Å². The summed E-state index contributed by atoms with van der Waals surface area (Å²) >= 11 is 1.63. The van der Waals surface area contributed by atoms with E-state index >= 15 is 0 Å². The van der Waals surface area contributed by atoms with Gasteiger partial charge < -0.3 is 5.32 Å². The Labute approximate surface area is 192 Å². The van der Waals surface area contributed by atoms with Crippen LogP contribution in [0.3, 0.4) is 0 Å². The van der Waals surface area contributed by atoms with E-state index in [-0.39, 0.29) is 5.91 Å². The number of hydrogen-bond donors (Lipinski definition) is 1. The van der Waals surface area contributed by atoms with Crippen molar-refractivity contribution >= 4 is 17.7 Å². The second kappa shape index (κ2) is 11.2. The van der Waals surface area contributed by atoms with Crippen molar-refractivity contribution < 1.29 is 4.79 Å². The Kier molecular flexibility index (Phi) is 7.65. The van der Waals surface area contributed by atoms with Gasteiger partial charge in [-0.2, -0.15) is 0 Å². The van der Waals surface area contributed by atoms with Crippen molar-refractivity contribution in [3.8, 4) is 5.69 Å². The van der Waals surface area contributed by atoms with Crippen LogP contribution in [0.2, 0.25) is 0 Å². The fourth-order valence-electron chi connectivity index (χ4n) is 3.31. The summed E-state index contributed by atoms with van der Waals surface area (Å²) in [6, 6.07) is 24.3. The van der Waals surface area contributed by atoms with Gasteiger partial charge in [0.25, 0.3) is 0 Å². The van der Waals surface area contributed by atoms with Crippen molar-refractivity contribution in [2.45, 2.75) is 31.0 Å². The number of carbonyl (C=O) groups is 1. The second-order valence-electron chi connectivity index (χ2n) is 7.32. The van der Waals surface area contributed by atoms with Gasteiger partial charge in [-0.25, -0.2) is 0 Å². The average molecular weight is 444 g/mol. The molecule has 2 aromatic heterocycles. The lowest BCUT2D eigenvalue weighted by Crippen LogP contribution is -2.22. The van der Waals surface area contributed by atoms with E-state index < -0.39 is 0 Å². The zero-order valence-electron chi connectivity index (χ0n) is 17.7. The maximum absolute atomic E-state index is 12.1. The van der Waals surface area contributed by atoms with Crippen molar-refractivity contribution in [2.75, 3.05) is 5.75 Å². The molecule has 0 aliphatic heterocycles. The number of aromatic nitrogens is 4. The third-order valence-electron chi connectivity index (χ3n) is 4.91. The average Bonchev–Trinajstić information content (AvgIpc) is 3.24. The minimum Gasteiger partial charge on any atom is -0.352 e. The summed E-state index contributed by atoms with van der Waals surface area (Å²) in [5, 5.41) is 12.7. The molecule has 0 aliphatic carbocycles. The molecule has 0 unspecified atom stereocenters. The monoisotopic (exact) mass is 443 g/mol. The Morgan fingerprint density at radius 2 is 1.66 bits per heavy atom. The summed E-state index contributed by atoms with van der Waals surface area (Å²) in [5.74, 6) is 1.74. The van der Waals surface area contributed by atoms with E-state index in [1.54, 1.807) is 24.2 Å². The maximum atomic E-state index is 12.1. The third-order valence-corrected chi connectivity index (χ3v) is 5.93. The molecule has 32 heavy (non-hydrogen) atoms. The first-order valence-corrected chi connectivity index (χ1v) is 11.6. The van der Waals surface area contributed by atoms with E-state index in [0.717, 1.165) is 34.4 Å². The van der Waals surface area contributed by atoms with Gasteiger partial charge >= 0.3 is 0 Å². The van der Waals surface area contributed by atoms with Crippen LogP contribution in [0, 0.1) is 0 Å². The number of hydrogen-bond acceptors (Lipinski definition) is 5. The number of amides is 1. The smallest absolute Gasteiger partial charge is 0.220 e. The Hall–Kier alpha value is -3.45. The van der Waals surface area contributed by atoms with Crippen molar-refractivity contribution in [3.63, 3.8) is 0 Å². The minimum atomic E-state index is 0.0451. The molecule has 6 nitrogen and oxygen atoms in total. The van der Waals surface area contributed by atoms with Crippen LogP contribution >= 0.6 is 11.8 Å². The molecule has 162 valence electrons. The molecule has 0 atom stereocenters. The zero-order chi connectivity index (χ0) is 22.0. The number of rotatable bonds is 10. The Morgan fingerprint density at radius 1 is 0.906 bits per heavy atom. The molecule has 0 saturated heterocycles. The molecule has 4 aromatic rings. The molecule has 0 radical (unpaired) electrons. The second-order valence-corrected chi connectivity index (χ2v) is 8.38. The van der Waals surface area contributed by atoms with E-state index in [2.05, 4.69) is 49.3 Å². The van der Waals surface area contributed by atoms with Gasteiger partial charge in [0.1, 0.15) is 5.82 Å². The Morgan fingerprint density at radius 3 is 2.41 bits per heavy atom. The van der Waals surface area contributed by atoms with Gasteiger partial charge in [0.2, 0.25) is 5.91 Å². The molecule has 1 amide bonds. The number of pyridine rings is 1. The summed E-state index contributed by atoms with van der Waals surface area (Å²) < 4.78 is 2.11. The molecular formula is C25H25N5OS. The number of benzene rings is 2. The highest BCUT2D eigenvalue weighted by Crippen LogP contribution is 2.24. The van der Waals surface area contributed by atoms with Gasteiger partial charge in [0.15, 0.2) is 5.16 Å². The largest absolute Gasteiger partial charge is 0.352 e. The van der Waals surface area contributed by atoms with Crippen molar-refractivity contribution in [2.24, 2.45) is 0 Å². The third kappa shape index (κ3) is 6.04. The highest BCUT2D eigenvalue weighted by atomic mass is 32.2. The molecule has 0 spiro atoms. The van der Waals surface area contributed by atoms with Crippen LogP contribution in [0.4, 0.5) is 0 Å². The van der Waals surface area contributed by atoms with E-state index in [4.69, 9.17) is 0 Å². The van der Waals surface area contributed by atoms with E-state index in [9.17, 15) is 4.79 Å². The van der Waals surface area contributed by atoms with Crippen molar-refractivity contribution in [1.82, 2.24) is 25.1 Å². The first-order chi connectivity index (χ1) is 15.8. The minimum absolute atomic E-state index is 0.0451. The van der Waals surface area contributed by atoms with Gasteiger partial charge in [-0.3, -0.25) is 14.3 Å². The fraction of sp³-hybridized carbons (Fsp3) is 0.200. The summed E-state index contributed by atoms with van der Waals surface area (Å²) in [4.78, 5) is 16.2. The molecule has 0 aliphatic rings. The van der Waals surface area contributed by atoms with Gasteiger partial charge in [0.05, 0.1) is 0 Å². The quantitative estimate of drug-likeness (QED) is 0.290. The van der Waals surface area contributed by atoms with Crippen LogP contribution in [-0.4, -0.2) is 31.4 Å². The van der Waals surface area contributed by atoms with Crippen molar-refractivity contribution in [3.05, 3.63) is 102 Å². The number of nitrogens with one attached hydrogen (secondary N) is 1. The summed E-state index contributed by atoms with van der Waals surface area (Å²) in [6.45, 7) is 0.505. The summed E-state index contributed by atoms with van der Waals surface area (Å²) in [7, 11) is 0. The lowest BCUT2D eigenvalue weighted by Gasteiger charge is -2.10. The molecule has 0 fully saturated rings. The van der Waals surface area contributed by atoms with E-state index in [1.165, 1.54) is 5.56 Å². The van der Waals surface area contributed by atoms with E-state index in [1.807, 2.05) is 48.5 Å². The van der Waals surface area contributed by atoms with Crippen LogP contribution in [0.5, 0.6) is 0 Å².